The Labute approximate surface area is 127 Å². The van der Waals surface area contributed by atoms with E-state index in [9.17, 15) is 8.42 Å². The van der Waals surface area contributed by atoms with Crippen LogP contribution < -0.4 is 0 Å². The van der Waals surface area contributed by atoms with Crippen molar-refractivity contribution in [2.75, 3.05) is 19.3 Å². The van der Waals surface area contributed by atoms with E-state index in [1.807, 2.05) is 18.3 Å². The smallest absolute Gasteiger partial charge is 0.211 e. The van der Waals surface area contributed by atoms with Crippen molar-refractivity contribution < 1.29 is 8.42 Å². The Morgan fingerprint density at radius 2 is 2.18 bits per heavy atom. The summed E-state index contributed by atoms with van der Waals surface area (Å²) in [4.78, 5) is 7.49. The molecule has 4 heterocycles. The van der Waals surface area contributed by atoms with E-state index < -0.39 is 10.0 Å². The number of fused-ring (bicyclic) bond motifs is 3. The molecule has 1 unspecified atom stereocenters. The van der Waals surface area contributed by atoms with Crippen LogP contribution in [0.4, 0.5) is 0 Å². The van der Waals surface area contributed by atoms with E-state index >= 15 is 0 Å². The molecule has 0 aromatic carbocycles. The molecular formula is C14H15N5O2S. The highest BCUT2D eigenvalue weighted by Gasteiger charge is 2.31. The lowest BCUT2D eigenvalue weighted by Gasteiger charge is -2.15. The molecule has 8 heteroatoms. The van der Waals surface area contributed by atoms with E-state index in [0.29, 0.717) is 18.7 Å². The van der Waals surface area contributed by atoms with Crippen molar-refractivity contribution in [1.82, 2.24) is 24.5 Å². The van der Waals surface area contributed by atoms with Gasteiger partial charge in [0.05, 0.1) is 11.8 Å². The Balaban J connectivity index is 1.87. The second-order valence-corrected chi connectivity index (χ2v) is 7.62. The van der Waals surface area contributed by atoms with Gasteiger partial charge in [0.15, 0.2) is 5.65 Å². The zero-order valence-corrected chi connectivity index (χ0v) is 12.8. The van der Waals surface area contributed by atoms with E-state index in [4.69, 9.17) is 0 Å². The second-order valence-electron chi connectivity index (χ2n) is 5.64. The van der Waals surface area contributed by atoms with Gasteiger partial charge in [-0.15, -0.1) is 10.2 Å². The fraction of sp³-hybridized carbons (Fsp3) is 0.357. The highest BCUT2D eigenvalue weighted by Crippen LogP contribution is 2.33. The van der Waals surface area contributed by atoms with Crippen molar-refractivity contribution in [2.45, 2.75) is 12.3 Å². The van der Waals surface area contributed by atoms with Crippen molar-refractivity contribution in [3.63, 3.8) is 0 Å². The van der Waals surface area contributed by atoms with Gasteiger partial charge >= 0.3 is 0 Å². The van der Waals surface area contributed by atoms with Crippen LogP contribution in [0.25, 0.3) is 21.9 Å². The van der Waals surface area contributed by atoms with Crippen LogP contribution in [-0.2, 0) is 10.0 Å². The average molecular weight is 317 g/mol. The van der Waals surface area contributed by atoms with Gasteiger partial charge in [-0.3, -0.25) is 0 Å². The number of sulfonamides is 1. The lowest BCUT2D eigenvalue weighted by Crippen LogP contribution is -2.27. The van der Waals surface area contributed by atoms with Crippen LogP contribution in [0, 0.1) is 0 Å². The Morgan fingerprint density at radius 3 is 2.95 bits per heavy atom. The van der Waals surface area contributed by atoms with Gasteiger partial charge in [0.25, 0.3) is 0 Å². The van der Waals surface area contributed by atoms with Crippen LogP contribution in [0.5, 0.6) is 0 Å². The first-order valence-corrected chi connectivity index (χ1v) is 8.92. The predicted molar refractivity (Wildman–Crippen MR) is 83.0 cm³/mol. The molecular weight excluding hydrogens is 302 g/mol. The molecule has 22 heavy (non-hydrogen) atoms. The molecule has 0 saturated carbocycles. The van der Waals surface area contributed by atoms with E-state index in [1.165, 1.54) is 10.6 Å². The van der Waals surface area contributed by atoms with Gasteiger partial charge in [0, 0.05) is 47.9 Å². The van der Waals surface area contributed by atoms with Gasteiger partial charge in [-0.25, -0.2) is 17.7 Å². The summed E-state index contributed by atoms with van der Waals surface area (Å²) in [5.74, 6) is 0.126. The monoisotopic (exact) mass is 317 g/mol. The minimum atomic E-state index is -3.15. The third-order valence-electron chi connectivity index (χ3n) is 4.23. The van der Waals surface area contributed by atoms with Gasteiger partial charge in [-0.1, -0.05) is 0 Å². The highest BCUT2D eigenvalue weighted by atomic mass is 32.2. The molecule has 1 aliphatic rings. The molecule has 1 aliphatic heterocycles. The maximum Gasteiger partial charge on any atom is 0.211 e. The zero-order valence-electron chi connectivity index (χ0n) is 12.0. The number of rotatable bonds is 2. The summed E-state index contributed by atoms with van der Waals surface area (Å²) in [6.45, 7) is 1.04. The molecule has 7 nitrogen and oxygen atoms in total. The molecule has 3 aromatic rings. The normalized spacial score (nSPS) is 20.1. The summed E-state index contributed by atoms with van der Waals surface area (Å²) in [6.07, 6.45) is 5.60. The number of nitrogens with one attached hydrogen (secondary N) is 1. The second kappa shape index (κ2) is 4.72. The standard InChI is InChI=1S/C14H15N5O2S/c1-22(20,21)19-7-4-9(8-19)13-12-10-2-5-16-14(10)18-17-11(12)3-6-15-13/h2-3,5-6,9,15H,4,7-8H2,1H3. The summed E-state index contributed by atoms with van der Waals surface area (Å²) < 4.78 is 25.0. The van der Waals surface area contributed by atoms with Crippen molar-refractivity contribution in [1.29, 1.82) is 0 Å². The lowest BCUT2D eigenvalue weighted by molar-refractivity contribution is 0.478. The van der Waals surface area contributed by atoms with Crippen LogP contribution in [0.15, 0.2) is 24.5 Å². The van der Waals surface area contributed by atoms with Crippen LogP contribution in [0.3, 0.4) is 0 Å². The fourth-order valence-corrected chi connectivity index (χ4v) is 4.05. The first-order chi connectivity index (χ1) is 10.5. The third kappa shape index (κ3) is 2.06. The Kier molecular flexibility index (Phi) is 2.92. The quantitative estimate of drug-likeness (QED) is 0.768. The first-order valence-electron chi connectivity index (χ1n) is 7.07. The maximum atomic E-state index is 11.7. The summed E-state index contributed by atoms with van der Waals surface area (Å²) in [5, 5.41) is 10.3. The third-order valence-corrected chi connectivity index (χ3v) is 5.50. The lowest BCUT2D eigenvalue weighted by atomic mass is 9.99. The molecule has 1 saturated heterocycles. The average Bonchev–Trinajstić information content (AvgIpc) is 3.15. The number of aromatic amines is 1. The molecule has 0 spiro atoms. The van der Waals surface area contributed by atoms with E-state index in [2.05, 4.69) is 20.2 Å². The largest absolute Gasteiger partial charge is 0.364 e. The zero-order chi connectivity index (χ0) is 15.3. The molecule has 1 fully saturated rings. The van der Waals surface area contributed by atoms with Gasteiger partial charge in [0.1, 0.15) is 0 Å². The SMILES string of the molecule is CS(=O)(=O)N1CCC(c2[nH]ccc3nnc4nccc4c23)C1. The molecule has 1 atom stereocenters. The Morgan fingerprint density at radius 1 is 1.32 bits per heavy atom. The van der Waals surface area contributed by atoms with Crippen LogP contribution in [0.1, 0.15) is 18.0 Å². The molecule has 0 amide bonds. The van der Waals surface area contributed by atoms with Crippen molar-refractivity contribution >= 4 is 32.0 Å². The van der Waals surface area contributed by atoms with E-state index in [-0.39, 0.29) is 5.92 Å². The molecule has 4 rings (SSSR count). The summed E-state index contributed by atoms with van der Waals surface area (Å²) in [6, 6.07) is 3.80. The maximum absolute atomic E-state index is 11.7. The number of hydrogen-bond acceptors (Lipinski definition) is 5. The van der Waals surface area contributed by atoms with E-state index in [1.54, 1.807) is 6.20 Å². The van der Waals surface area contributed by atoms with Gasteiger partial charge in [-0.2, -0.15) is 0 Å². The van der Waals surface area contributed by atoms with Crippen molar-refractivity contribution in [2.24, 2.45) is 0 Å². The number of hydrogen-bond donors (Lipinski definition) is 1. The summed E-state index contributed by atoms with van der Waals surface area (Å²) >= 11 is 0. The highest BCUT2D eigenvalue weighted by molar-refractivity contribution is 7.88. The van der Waals surface area contributed by atoms with Gasteiger partial charge < -0.3 is 4.98 Å². The summed E-state index contributed by atoms with van der Waals surface area (Å²) in [5.41, 5.74) is 2.43. The number of nitrogens with zero attached hydrogens (tertiary/aromatic N) is 4. The first kappa shape index (κ1) is 13.6. The fourth-order valence-electron chi connectivity index (χ4n) is 3.16. The number of pyridine rings is 1. The Bertz CT molecular complexity index is 966. The van der Waals surface area contributed by atoms with Crippen LogP contribution >= 0.6 is 0 Å². The van der Waals surface area contributed by atoms with E-state index in [0.717, 1.165) is 28.4 Å². The van der Waals surface area contributed by atoms with Gasteiger partial charge in [0.2, 0.25) is 10.0 Å². The van der Waals surface area contributed by atoms with Crippen LogP contribution in [-0.4, -0.2) is 52.2 Å². The van der Waals surface area contributed by atoms with Gasteiger partial charge in [-0.05, 0) is 18.6 Å². The topological polar surface area (TPSA) is 91.8 Å². The molecule has 3 aromatic heterocycles. The van der Waals surface area contributed by atoms with Crippen LogP contribution in [0.2, 0.25) is 0 Å². The van der Waals surface area contributed by atoms with Crippen molar-refractivity contribution in [3.8, 4) is 0 Å². The molecule has 0 radical (unpaired) electrons. The molecule has 0 aliphatic carbocycles. The molecule has 114 valence electrons. The van der Waals surface area contributed by atoms with Crippen molar-refractivity contribution in [3.05, 3.63) is 30.2 Å². The molecule has 0 bridgehead atoms. The summed E-state index contributed by atoms with van der Waals surface area (Å²) in [7, 11) is -3.15. The predicted octanol–water partition coefficient (Wildman–Crippen LogP) is 1.25. The minimum Gasteiger partial charge on any atom is -0.364 e. The number of aromatic nitrogens is 4. The minimum absolute atomic E-state index is 0.126. The Hall–Kier alpha value is -2.06. The number of H-pyrrole nitrogens is 1. The molecule has 1 N–H and O–H groups in total.